The summed E-state index contributed by atoms with van der Waals surface area (Å²) in [5.74, 6) is 1.83. The van der Waals surface area contributed by atoms with E-state index in [0.717, 1.165) is 50.7 Å². The fraction of sp³-hybridized carbons (Fsp3) is 0.548. The molecular weight excluding hydrogens is 419 g/mol. The molecule has 2 saturated carbocycles. The first-order valence-corrected chi connectivity index (χ1v) is 12.7. The molecule has 0 radical (unpaired) electrons. The fourth-order valence-electron chi connectivity index (χ4n) is 8.37. The predicted octanol–water partition coefficient (Wildman–Crippen LogP) is 7.14. The maximum atomic E-state index is 12.2. The van der Waals surface area contributed by atoms with Gasteiger partial charge in [0.15, 0.2) is 11.6 Å². The lowest BCUT2D eigenvalue weighted by atomic mass is 9.50. The van der Waals surface area contributed by atoms with E-state index in [2.05, 4.69) is 25.6 Å². The maximum Gasteiger partial charge on any atom is 0.159 e. The maximum absolute atomic E-state index is 12.2. The van der Waals surface area contributed by atoms with Crippen molar-refractivity contribution in [3.8, 4) is 0 Å². The van der Waals surface area contributed by atoms with E-state index in [0.29, 0.717) is 24.2 Å². The molecule has 1 aromatic carbocycles. The molecule has 0 unspecified atom stereocenters. The number of fused-ring (bicyclic) bond motifs is 5. The Morgan fingerprint density at radius 1 is 1.09 bits per heavy atom. The molecule has 180 valence electrons. The number of benzene rings is 1. The molecule has 3 nitrogen and oxygen atoms in total. The van der Waals surface area contributed by atoms with Gasteiger partial charge in [0.1, 0.15) is 0 Å². The van der Waals surface area contributed by atoms with E-state index in [9.17, 15) is 9.59 Å². The lowest BCUT2D eigenvalue weighted by Crippen LogP contribution is -2.52. The molecule has 4 aliphatic carbocycles. The van der Waals surface area contributed by atoms with Gasteiger partial charge in [0.2, 0.25) is 0 Å². The fourth-order valence-corrected chi connectivity index (χ4v) is 8.37. The number of hydrogen-bond acceptors (Lipinski definition) is 3. The van der Waals surface area contributed by atoms with Crippen LogP contribution in [-0.4, -0.2) is 23.8 Å². The van der Waals surface area contributed by atoms with Crippen molar-refractivity contribution in [2.24, 2.45) is 17.3 Å². The second-order valence-electron chi connectivity index (χ2n) is 11.2. The zero-order valence-corrected chi connectivity index (χ0v) is 19.9. The minimum Gasteiger partial charge on any atom is -0.370 e. The Morgan fingerprint density at radius 3 is 2.53 bits per heavy atom. The minimum absolute atomic E-state index is 0. The number of carbonyl (C=O) groups excluding carboxylic acids is 2. The van der Waals surface area contributed by atoms with Crippen molar-refractivity contribution < 1.29 is 14.3 Å². The molecule has 3 fully saturated rings. The molecule has 5 atom stereocenters. The van der Waals surface area contributed by atoms with Crippen LogP contribution in [0.25, 0.3) is 0 Å². The van der Waals surface area contributed by atoms with E-state index in [-0.39, 0.29) is 30.0 Å². The van der Waals surface area contributed by atoms with Crippen LogP contribution in [0.5, 0.6) is 0 Å². The monoisotopic (exact) mass is 457 g/mol. The Bertz CT molecular complexity index is 1120. The van der Waals surface area contributed by atoms with Crippen LogP contribution in [0, 0.1) is 17.3 Å². The molecule has 34 heavy (non-hydrogen) atoms. The number of allylic oxidation sites excluding steroid dienone is 4. The van der Waals surface area contributed by atoms with Gasteiger partial charge in [-0.2, -0.15) is 0 Å². The summed E-state index contributed by atoms with van der Waals surface area (Å²) < 4.78 is 6.61. The highest BCUT2D eigenvalue weighted by atomic mass is 16.5. The van der Waals surface area contributed by atoms with Gasteiger partial charge in [-0.05, 0) is 92.1 Å². The molecule has 1 aliphatic heterocycles. The van der Waals surface area contributed by atoms with Gasteiger partial charge in [-0.1, -0.05) is 50.8 Å². The molecule has 1 heterocycles. The smallest absolute Gasteiger partial charge is 0.159 e. The molecule has 0 bridgehead atoms. The lowest BCUT2D eigenvalue weighted by Gasteiger charge is -2.55. The van der Waals surface area contributed by atoms with Crippen molar-refractivity contribution in [1.29, 1.82) is 0 Å². The number of rotatable bonds is 2. The van der Waals surface area contributed by atoms with Gasteiger partial charge in [0, 0.05) is 23.3 Å². The van der Waals surface area contributed by atoms with Gasteiger partial charge in [-0.25, -0.2) is 0 Å². The Balaban J connectivity index is 0.00000241. The van der Waals surface area contributed by atoms with Crippen LogP contribution >= 0.6 is 0 Å². The summed E-state index contributed by atoms with van der Waals surface area (Å²) in [5, 5.41) is 0. The highest BCUT2D eigenvalue weighted by Gasteiger charge is 2.65. The van der Waals surface area contributed by atoms with Crippen molar-refractivity contribution in [3.05, 3.63) is 70.3 Å². The third-order valence-electron chi connectivity index (χ3n) is 9.90. The summed E-state index contributed by atoms with van der Waals surface area (Å²) in [6, 6.07) is 8.33. The summed E-state index contributed by atoms with van der Waals surface area (Å²) in [6.45, 7) is 9.42. The van der Waals surface area contributed by atoms with Crippen LogP contribution in [0.4, 0.5) is 0 Å². The third-order valence-corrected chi connectivity index (χ3v) is 9.90. The average Bonchev–Trinajstić information content (AvgIpc) is 3.33. The van der Waals surface area contributed by atoms with Crippen LogP contribution in [-0.2, 0) is 9.53 Å². The van der Waals surface area contributed by atoms with Crippen molar-refractivity contribution in [2.75, 3.05) is 6.61 Å². The van der Waals surface area contributed by atoms with E-state index >= 15 is 0 Å². The SMILES string of the molecule is C.C=C1CCO[C@]12CC[C@H]1[C@@H]3CCC4=CC(=O)CCC4=C3[C@@H](c3ccc(C([11CH3])=O)cc3)C[C@@]12C. The molecular formula is C31H38O3. The quantitative estimate of drug-likeness (QED) is 0.350. The van der Waals surface area contributed by atoms with Gasteiger partial charge in [-0.15, -0.1) is 0 Å². The highest BCUT2D eigenvalue weighted by Crippen LogP contribution is 2.70. The second-order valence-corrected chi connectivity index (χ2v) is 11.2. The zero-order valence-electron chi connectivity index (χ0n) is 19.9. The molecule has 3 heteroatoms. The molecule has 1 aromatic rings. The molecule has 6 rings (SSSR count). The van der Waals surface area contributed by atoms with Crippen molar-refractivity contribution in [1.82, 2.24) is 0 Å². The first kappa shape index (κ1) is 23.5. The number of Topliss-reactive ketones (excluding diaryl/α,β-unsaturated/α-hetero) is 1. The van der Waals surface area contributed by atoms with Crippen LogP contribution in [0.15, 0.2) is 59.2 Å². The summed E-state index contributed by atoms with van der Waals surface area (Å²) in [7, 11) is 0. The zero-order chi connectivity index (χ0) is 23.0. The molecule has 0 N–H and O–H groups in total. The summed E-state index contributed by atoms with van der Waals surface area (Å²) >= 11 is 0. The Morgan fingerprint density at radius 2 is 1.85 bits per heavy atom. The summed E-state index contributed by atoms with van der Waals surface area (Å²) in [5.41, 5.74) is 7.60. The van der Waals surface area contributed by atoms with E-state index in [1.165, 1.54) is 28.7 Å². The van der Waals surface area contributed by atoms with Crippen molar-refractivity contribution in [2.45, 2.75) is 84.2 Å². The molecule has 0 aromatic heterocycles. The van der Waals surface area contributed by atoms with Gasteiger partial charge < -0.3 is 4.74 Å². The molecule has 0 amide bonds. The topological polar surface area (TPSA) is 43.4 Å². The van der Waals surface area contributed by atoms with E-state index in [4.69, 9.17) is 4.74 Å². The van der Waals surface area contributed by atoms with Gasteiger partial charge in [-0.3, -0.25) is 9.59 Å². The van der Waals surface area contributed by atoms with Crippen LogP contribution in [0.3, 0.4) is 0 Å². The van der Waals surface area contributed by atoms with Gasteiger partial charge in [0.05, 0.1) is 12.2 Å². The minimum atomic E-state index is -0.190. The molecule has 1 saturated heterocycles. The summed E-state index contributed by atoms with van der Waals surface area (Å²) in [4.78, 5) is 24.1. The van der Waals surface area contributed by atoms with Gasteiger partial charge >= 0.3 is 0 Å². The van der Waals surface area contributed by atoms with E-state index in [1.54, 1.807) is 12.5 Å². The van der Waals surface area contributed by atoms with Crippen LogP contribution < -0.4 is 0 Å². The van der Waals surface area contributed by atoms with E-state index < -0.39 is 0 Å². The number of ketones is 2. The Labute approximate surface area is 204 Å². The van der Waals surface area contributed by atoms with Crippen LogP contribution in [0.1, 0.15) is 94.5 Å². The standard InChI is InChI=1S/C30H34O3.CH4/c1-18-13-15-33-30(18)14-12-27-25-10-8-22-16-23(32)9-11-24(22)28(25)26(17-29(27,30)3)21-6-4-20(5-7-21)19(2)31;/h4-7,16,25-27H,1,8-15,17H2,2-3H3;1H4/t25-,26+,27-,29-,30+;/m0./s1/i2-1;. The second kappa shape index (κ2) is 8.16. The van der Waals surface area contributed by atoms with Crippen LogP contribution in [0.2, 0.25) is 0 Å². The number of carbonyl (C=O) groups is 2. The highest BCUT2D eigenvalue weighted by molar-refractivity contribution is 5.94. The predicted molar refractivity (Wildman–Crippen MR) is 136 cm³/mol. The Hall–Kier alpha value is -2.26. The lowest BCUT2D eigenvalue weighted by molar-refractivity contribution is -0.114. The normalized spacial score (nSPS) is 36.5. The van der Waals surface area contributed by atoms with Crippen molar-refractivity contribution in [3.63, 3.8) is 0 Å². The van der Waals surface area contributed by atoms with E-state index in [1.807, 2.05) is 18.2 Å². The Kier molecular flexibility index (Phi) is 5.63. The molecule has 1 spiro atoms. The largest absolute Gasteiger partial charge is 0.370 e. The first-order valence-electron chi connectivity index (χ1n) is 12.7. The number of hydrogen-bond donors (Lipinski definition) is 0. The molecule has 5 aliphatic rings. The number of ether oxygens (including phenoxy) is 1. The summed E-state index contributed by atoms with van der Waals surface area (Å²) in [6.07, 6.45) is 9.92. The van der Waals surface area contributed by atoms with Crippen molar-refractivity contribution >= 4 is 11.6 Å². The average molecular weight is 458 g/mol. The first-order chi connectivity index (χ1) is 15.8. The van der Waals surface area contributed by atoms with Gasteiger partial charge in [0.25, 0.3) is 0 Å². The third kappa shape index (κ3) is 3.12.